The molecule has 2 bridgehead atoms. The van der Waals surface area contributed by atoms with E-state index in [1.54, 1.807) is 10.4 Å². The number of hydrogen-bond acceptors (Lipinski definition) is 4. The summed E-state index contributed by atoms with van der Waals surface area (Å²) in [6.07, 6.45) is 6.22. The van der Waals surface area contributed by atoms with E-state index < -0.39 is 16.0 Å². The Morgan fingerprint density at radius 1 is 1.11 bits per heavy atom. The van der Waals surface area contributed by atoms with E-state index >= 15 is 0 Å². The van der Waals surface area contributed by atoms with Crippen molar-refractivity contribution in [3.05, 3.63) is 36.4 Å². The van der Waals surface area contributed by atoms with Gasteiger partial charge in [0.1, 0.15) is 5.75 Å². The van der Waals surface area contributed by atoms with E-state index in [4.69, 9.17) is 4.74 Å². The highest BCUT2D eigenvalue weighted by molar-refractivity contribution is 7.89. The van der Waals surface area contributed by atoms with Crippen molar-refractivity contribution in [1.82, 2.24) is 4.31 Å². The van der Waals surface area contributed by atoms with E-state index in [-0.39, 0.29) is 10.9 Å². The number of benzene rings is 2. The van der Waals surface area contributed by atoms with Gasteiger partial charge < -0.3 is 4.74 Å². The highest BCUT2D eigenvalue weighted by atomic mass is 32.2. The molecule has 5 nitrogen and oxygen atoms in total. The number of fused-ring (bicyclic) bond motifs is 3. The molecular formula is C21H25NO4S. The summed E-state index contributed by atoms with van der Waals surface area (Å²) in [5, 5.41) is 1.49. The van der Waals surface area contributed by atoms with Crippen LogP contribution in [0.2, 0.25) is 0 Å². The predicted octanol–water partition coefficient (Wildman–Crippen LogP) is 4.11. The topological polar surface area (TPSA) is 63.7 Å². The molecule has 0 radical (unpaired) electrons. The van der Waals surface area contributed by atoms with Gasteiger partial charge in [-0.2, -0.15) is 4.31 Å². The van der Waals surface area contributed by atoms with E-state index in [9.17, 15) is 13.2 Å². The lowest BCUT2D eigenvalue weighted by molar-refractivity contribution is -0.131. The average molecular weight is 388 g/mol. The van der Waals surface area contributed by atoms with Gasteiger partial charge in [-0.05, 0) is 43.1 Å². The summed E-state index contributed by atoms with van der Waals surface area (Å²) in [5.41, 5.74) is 0. The number of carbonyl (C=O) groups excluding carboxylic acids is 1. The highest BCUT2D eigenvalue weighted by Crippen LogP contribution is 2.38. The zero-order valence-corrected chi connectivity index (χ0v) is 16.4. The second-order valence-corrected chi connectivity index (χ2v) is 9.57. The van der Waals surface area contributed by atoms with Crippen LogP contribution in [0.3, 0.4) is 0 Å². The number of nitrogens with zero attached hydrogens (tertiary/aromatic N) is 1. The number of hydrogen-bond donors (Lipinski definition) is 0. The first-order valence-electron chi connectivity index (χ1n) is 9.68. The molecule has 2 aromatic carbocycles. The maximum absolute atomic E-state index is 13.5. The normalized spacial score (nSPS) is 23.7. The number of ether oxygens (including phenoxy) is 1. The molecule has 4 rings (SSSR count). The van der Waals surface area contributed by atoms with E-state index in [0.29, 0.717) is 18.2 Å². The maximum atomic E-state index is 13.5. The Bertz CT molecular complexity index is 969. The fourth-order valence-corrected chi connectivity index (χ4v) is 6.35. The third-order valence-electron chi connectivity index (χ3n) is 5.81. The standard InChI is InChI=1S/C21H25NO4S/c1-15(23)26-21-14-19(13-17-8-2-3-10-20(17)21)27(24,25)22-11-5-7-16-6-4-9-18(22)12-16/h2-3,8,10,13-14,16,18H,4-7,9,11-12H2,1H3. The fourth-order valence-electron chi connectivity index (χ4n) is 4.59. The largest absolute Gasteiger partial charge is 0.426 e. The molecule has 0 aromatic heterocycles. The van der Waals surface area contributed by atoms with Gasteiger partial charge in [-0.1, -0.05) is 37.1 Å². The van der Waals surface area contributed by atoms with Crippen LogP contribution >= 0.6 is 0 Å². The predicted molar refractivity (Wildman–Crippen MR) is 104 cm³/mol. The van der Waals surface area contributed by atoms with Gasteiger partial charge in [-0.15, -0.1) is 0 Å². The molecule has 2 unspecified atom stereocenters. The third-order valence-corrected chi connectivity index (χ3v) is 7.74. The van der Waals surface area contributed by atoms with E-state index in [1.165, 1.54) is 19.4 Å². The molecule has 1 saturated heterocycles. The minimum atomic E-state index is -3.64. The SMILES string of the molecule is CC(=O)Oc1cc(S(=O)(=O)N2CCCC3CCCC2C3)cc2ccccc12. The molecular weight excluding hydrogens is 362 g/mol. The van der Waals surface area contributed by atoms with Gasteiger partial charge in [-0.3, -0.25) is 4.79 Å². The molecule has 2 aliphatic rings. The van der Waals surface area contributed by atoms with Crippen molar-refractivity contribution in [3.63, 3.8) is 0 Å². The minimum Gasteiger partial charge on any atom is -0.426 e. The maximum Gasteiger partial charge on any atom is 0.308 e. The van der Waals surface area contributed by atoms with Crippen LogP contribution < -0.4 is 4.74 Å². The molecule has 27 heavy (non-hydrogen) atoms. The molecule has 144 valence electrons. The summed E-state index contributed by atoms with van der Waals surface area (Å²) >= 11 is 0. The first-order valence-corrected chi connectivity index (χ1v) is 11.1. The van der Waals surface area contributed by atoms with E-state index in [1.807, 2.05) is 24.3 Å². The summed E-state index contributed by atoms with van der Waals surface area (Å²) in [6, 6.07) is 10.7. The van der Waals surface area contributed by atoms with Gasteiger partial charge in [0.05, 0.1) is 4.90 Å². The average Bonchev–Trinajstić information content (AvgIpc) is 2.79. The second kappa shape index (κ2) is 7.24. The third kappa shape index (κ3) is 3.60. The van der Waals surface area contributed by atoms with Gasteiger partial charge in [-0.25, -0.2) is 8.42 Å². The van der Waals surface area contributed by atoms with Crippen molar-refractivity contribution >= 4 is 26.8 Å². The Balaban J connectivity index is 1.79. The highest BCUT2D eigenvalue weighted by Gasteiger charge is 2.37. The van der Waals surface area contributed by atoms with Crippen LogP contribution in [0.25, 0.3) is 10.8 Å². The van der Waals surface area contributed by atoms with Crippen LogP contribution in [0.1, 0.15) is 45.4 Å². The van der Waals surface area contributed by atoms with Crippen molar-refractivity contribution in [2.24, 2.45) is 5.92 Å². The van der Waals surface area contributed by atoms with Crippen molar-refractivity contribution in [2.45, 2.75) is 56.4 Å². The van der Waals surface area contributed by atoms with Crippen LogP contribution in [0.4, 0.5) is 0 Å². The summed E-state index contributed by atoms with van der Waals surface area (Å²) in [4.78, 5) is 11.7. The Kier molecular flexibility index (Phi) is 4.95. The fraction of sp³-hybridized carbons (Fsp3) is 0.476. The zero-order valence-electron chi connectivity index (χ0n) is 15.6. The molecule has 2 atom stereocenters. The van der Waals surface area contributed by atoms with Crippen LogP contribution in [-0.4, -0.2) is 31.3 Å². The summed E-state index contributed by atoms with van der Waals surface area (Å²) in [6.45, 7) is 1.89. The summed E-state index contributed by atoms with van der Waals surface area (Å²) < 4.78 is 34.1. The lowest BCUT2D eigenvalue weighted by Crippen LogP contribution is -2.41. The lowest BCUT2D eigenvalue weighted by atomic mass is 9.84. The van der Waals surface area contributed by atoms with Crippen molar-refractivity contribution < 1.29 is 17.9 Å². The molecule has 1 aliphatic heterocycles. The van der Waals surface area contributed by atoms with Crippen LogP contribution in [0.5, 0.6) is 5.75 Å². The van der Waals surface area contributed by atoms with Gasteiger partial charge in [0.25, 0.3) is 0 Å². The van der Waals surface area contributed by atoms with E-state index in [2.05, 4.69) is 0 Å². The molecule has 0 N–H and O–H groups in total. The van der Waals surface area contributed by atoms with E-state index in [0.717, 1.165) is 42.9 Å². The molecule has 1 saturated carbocycles. The van der Waals surface area contributed by atoms with Crippen LogP contribution in [0.15, 0.2) is 41.3 Å². The quantitative estimate of drug-likeness (QED) is 0.587. The molecule has 2 aromatic rings. The molecule has 2 fully saturated rings. The Morgan fingerprint density at radius 2 is 1.89 bits per heavy atom. The van der Waals surface area contributed by atoms with Gasteiger partial charge in [0.15, 0.2) is 0 Å². The lowest BCUT2D eigenvalue weighted by Gasteiger charge is -2.33. The zero-order chi connectivity index (χ0) is 19.0. The molecule has 1 heterocycles. The molecule has 0 spiro atoms. The molecule has 6 heteroatoms. The van der Waals surface area contributed by atoms with Gasteiger partial charge in [0.2, 0.25) is 10.0 Å². The second-order valence-electron chi connectivity index (χ2n) is 7.68. The number of esters is 1. The monoisotopic (exact) mass is 387 g/mol. The van der Waals surface area contributed by atoms with Crippen LogP contribution in [0, 0.1) is 5.92 Å². The Hall–Kier alpha value is -1.92. The smallest absolute Gasteiger partial charge is 0.308 e. The first kappa shape index (κ1) is 18.4. The first-order chi connectivity index (χ1) is 12.9. The number of rotatable bonds is 3. The Labute approximate surface area is 160 Å². The molecule has 1 aliphatic carbocycles. The van der Waals surface area contributed by atoms with Crippen LogP contribution in [-0.2, 0) is 14.8 Å². The van der Waals surface area contributed by atoms with Gasteiger partial charge in [0, 0.05) is 31.0 Å². The van der Waals surface area contributed by atoms with Crippen molar-refractivity contribution in [3.8, 4) is 5.75 Å². The number of carbonyl (C=O) groups is 1. The Morgan fingerprint density at radius 3 is 2.70 bits per heavy atom. The van der Waals surface area contributed by atoms with Crippen molar-refractivity contribution in [1.29, 1.82) is 0 Å². The summed E-state index contributed by atoms with van der Waals surface area (Å²) in [5.74, 6) is 0.493. The number of sulfonamides is 1. The minimum absolute atomic E-state index is 0.0832. The summed E-state index contributed by atoms with van der Waals surface area (Å²) in [7, 11) is -3.64. The van der Waals surface area contributed by atoms with Gasteiger partial charge >= 0.3 is 5.97 Å². The van der Waals surface area contributed by atoms with Crippen molar-refractivity contribution in [2.75, 3.05) is 6.54 Å². The molecule has 0 amide bonds.